The van der Waals surface area contributed by atoms with Gasteiger partial charge in [0.25, 0.3) is 0 Å². The van der Waals surface area contributed by atoms with Crippen molar-refractivity contribution in [3.63, 3.8) is 0 Å². The van der Waals surface area contributed by atoms with Gasteiger partial charge in [-0.2, -0.15) is 28.2 Å². The lowest BCUT2D eigenvalue weighted by molar-refractivity contribution is -0.198. The van der Waals surface area contributed by atoms with Crippen LogP contribution in [0.25, 0.3) is 5.69 Å². The molecule has 3 fully saturated rings. The third kappa shape index (κ3) is 6.33. The van der Waals surface area contributed by atoms with Crippen LogP contribution in [0.5, 0.6) is 5.88 Å². The minimum Gasteiger partial charge on any atom is -0.480 e. The number of carboxylic acid groups (broad SMARTS) is 1. The van der Waals surface area contributed by atoms with Gasteiger partial charge in [0.2, 0.25) is 17.9 Å². The standard InChI is InChI=1S/C31H38F3N7O3/c1-19-9-12-41(39-19)24-8-7-21(20-5-3-2-4-6-20)15-22(24)27(31(32,33)34)44-26-16-25(37-29(35)38-26)40-13-10-30(11-14-40)17-23(28(42)43)36-18-30/h7-9,12,15-16,20,23,27,36H,2-6,10-11,13-14,17-18H2,1H3,(H,42,43)(H2,35,37,38)/t23-,27+/m0/s1. The van der Waals surface area contributed by atoms with Crippen LogP contribution in [-0.4, -0.2) is 62.7 Å². The zero-order valence-electron chi connectivity index (χ0n) is 24.7. The van der Waals surface area contributed by atoms with Crippen LogP contribution in [-0.2, 0) is 4.79 Å². The Labute approximate surface area is 253 Å². The van der Waals surface area contributed by atoms with Crippen LogP contribution in [0.3, 0.4) is 0 Å². The number of nitrogens with one attached hydrogen (secondary N) is 1. The molecular formula is C31H38F3N7O3. The second-order valence-electron chi connectivity index (χ2n) is 12.5. The second-order valence-corrected chi connectivity index (χ2v) is 12.5. The number of benzene rings is 1. The molecule has 0 radical (unpaired) electrons. The highest BCUT2D eigenvalue weighted by Gasteiger charge is 2.46. The molecule has 236 valence electrons. The molecule has 1 spiro atoms. The highest BCUT2D eigenvalue weighted by Crippen LogP contribution is 2.43. The molecule has 1 aliphatic carbocycles. The minimum atomic E-state index is -4.77. The SMILES string of the molecule is Cc1ccn(-c2ccc(C3CCCCC3)cc2[C@@H](Oc2cc(N3CCC4(CC3)CN[C@H](C(=O)O)C4)nc(N)n2)C(F)(F)F)n1. The fraction of sp³-hybridized carbons (Fsp3) is 0.548. The smallest absolute Gasteiger partial charge is 0.429 e. The fourth-order valence-corrected chi connectivity index (χ4v) is 6.99. The van der Waals surface area contributed by atoms with Crippen molar-refractivity contribution in [1.82, 2.24) is 25.1 Å². The number of hydrogen-bond acceptors (Lipinski definition) is 8. The molecule has 44 heavy (non-hydrogen) atoms. The second kappa shape index (κ2) is 11.9. The molecule has 2 aromatic heterocycles. The molecule has 6 rings (SSSR count). The summed E-state index contributed by atoms with van der Waals surface area (Å²) in [5.41, 5.74) is 7.66. The van der Waals surface area contributed by atoms with Crippen molar-refractivity contribution in [1.29, 1.82) is 0 Å². The van der Waals surface area contributed by atoms with Gasteiger partial charge in [-0.05, 0) is 74.1 Å². The molecule has 2 aliphatic heterocycles. The van der Waals surface area contributed by atoms with Gasteiger partial charge in [-0.25, -0.2) is 4.68 Å². The number of piperidine rings is 1. The lowest BCUT2D eigenvalue weighted by Crippen LogP contribution is -2.41. The summed E-state index contributed by atoms with van der Waals surface area (Å²) in [4.78, 5) is 21.7. The number of nitrogen functional groups attached to an aromatic ring is 1. The van der Waals surface area contributed by atoms with Gasteiger partial charge < -0.3 is 25.8 Å². The number of carbonyl (C=O) groups is 1. The Morgan fingerprint density at radius 3 is 2.52 bits per heavy atom. The van der Waals surface area contributed by atoms with Gasteiger partial charge in [-0.15, -0.1) is 0 Å². The summed E-state index contributed by atoms with van der Waals surface area (Å²) >= 11 is 0. The molecule has 10 nitrogen and oxygen atoms in total. The summed E-state index contributed by atoms with van der Waals surface area (Å²) in [5.74, 6) is -0.749. The number of ether oxygens (including phenoxy) is 1. The molecule has 2 atom stereocenters. The number of aryl methyl sites for hydroxylation is 1. The zero-order chi connectivity index (χ0) is 31.1. The summed E-state index contributed by atoms with van der Waals surface area (Å²) in [6.45, 7) is 3.51. The fourth-order valence-electron chi connectivity index (χ4n) is 6.99. The molecule has 3 aliphatic rings. The van der Waals surface area contributed by atoms with Gasteiger partial charge in [0.1, 0.15) is 11.9 Å². The van der Waals surface area contributed by atoms with Crippen molar-refractivity contribution >= 4 is 17.7 Å². The Kier molecular flexibility index (Phi) is 8.16. The Morgan fingerprint density at radius 1 is 1.14 bits per heavy atom. The van der Waals surface area contributed by atoms with E-state index < -0.39 is 24.3 Å². The van der Waals surface area contributed by atoms with E-state index in [-0.39, 0.29) is 34.4 Å². The zero-order valence-corrected chi connectivity index (χ0v) is 24.7. The van der Waals surface area contributed by atoms with Gasteiger partial charge in [0, 0.05) is 37.5 Å². The lowest BCUT2D eigenvalue weighted by Gasteiger charge is -2.39. The van der Waals surface area contributed by atoms with Crippen LogP contribution in [0.15, 0.2) is 36.5 Å². The minimum absolute atomic E-state index is 0.0379. The highest BCUT2D eigenvalue weighted by molar-refractivity contribution is 5.74. The number of rotatable bonds is 7. The molecule has 1 saturated carbocycles. The van der Waals surface area contributed by atoms with Gasteiger partial charge in [-0.3, -0.25) is 4.79 Å². The quantitative estimate of drug-likeness (QED) is 0.324. The lowest BCUT2D eigenvalue weighted by atomic mass is 9.76. The van der Waals surface area contributed by atoms with E-state index in [1.54, 1.807) is 31.3 Å². The average molecular weight is 614 g/mol. The molecular weight excluding hydrogens is 575 g/mol. The predicted octanol–water partition coefficient (Wildman–Crippen LogP) is 5.32. The van der Waals surface area contributed by atoms with Crippen molar-refractivity contribution in [2.75, 3.05) is 30.3 Å². The van der Waals surface area contributed by atoms with Crippen molar-refractivity contribution in [3.05, 3.63) is 53.3 Å². The number of halogens is 3. The topological polar surface area (TPSA) is 131 Å². The summed E-state index contributed by atoms with van der Waals surface area (Å²) < 4.78 is 51.9. The van der Waals surface area contributed by atoms with Crippen LogP contribution in [0.2, 0.25) is 0 Å². The van der Waals surface area contributed by atoms with Gasteiger partial charge in [-0.1, -0.05) is 25.3 Å². The largest absolute Gasteiger partial charge is 0.480 e. The number of aliphatic carboxylic acids is 1. The number of anilines is 2. The van der Waals surface area contributed by atoms with Crippen LogP contribution in [0, 0.1) is 12.3 Å². The first-order valence-electron chi connectivity index (χ1n) is 15.3. The first kappa shape index (κ1) is 30.2. The first-order valence-corrected chi connectivity index (χ1v) is 15.3. The number of hydrogen-bond donors (Lipinski definition) is 3. The third-order valence-electron chi connectivity index (χ3n) is 9.43. The van der Waals surface area contributed by atoms with Crippen molar-refractivity contribution in [2.45, 2.75) is 82.5 Å². The van der Waals surface area contributed by atoms with E-state index in [0.29, 0.717) is 37.6 Å². The van der Waals surface area contributed by atoms with Crippen molar-refractivity contribution in [2.24, 2.45) is 5.41 Å². The van der Waals surface area contributed by atoms with Gasteiger partial charge in [0.05, 0.1) is 11.4 Å². The van der Waals surface area contributed by atoms with Gasteiger partial charge in [0.15, 0.2) is 0 Å². The maximum absolute atomic E-state index is 14.9. The van der Waals surface area contributed by atoms with E-state index in [4.69, 9.17) is 10.5 Å². The summed E-state index contributed by atoms with van der Waals surface area (Å²) in [7, 11) is 0. The Hall–Kier alpha value is -3.87. The molecule has 2 saturated heterocycles. The Morgan fingerprint density at radius 2 is 1.89 bits per heavy atom. The van der Waals surface area contributed by atoms with Crippen LogP contribution >= 0.6 is 0 Å². The summed E-state index contributed by atoms with van der Waals surface area (Å²) in [6.07, 6.45) is 1.65. The van der Waals surface area contributed by atoms with E-state index >= 15 is 0 Å². The summed E-state index contributed by atoms with van der Waals surface area (Å²) in [5, 5.41) is 16.9. The maximum atomic E-state index is 14.9. The van der Waals surface area contributed by atoms with Crippen molar-refractivity contribution in [3.8, 4) is 11.6 Å². The molecule has 0 amide bonds. The highest BCUT2D eigenvalue weighted by atomic mass is 19.4. The van der Waals surface area contributed by atoms with Crippen molar-refractivity contribution < 1.29 is 27.8 Å². The third-order valence-corrected chi connectivity index (χ3v) is 9.43. The monoisotopic (exact) mass is 613 g/mol. The van der Waals surface area contributed by atoms with Crippen LogP contribution in [0.1, 0.15) is 80.2 Å². The maximum Gasteiger partial charge on any atom is 0.429 e. The Bertz CT molecular complexity index is 1500. The molecule has 1 aromatic carbocycles. The molecule has 0 unspecified atom stereocenters. The molecule has 13 heteroatoms. The van der Waals surface area contributed by atoms with E-state index in [1.165, 1.54) is 10.7 Å². The molecule has 4 heterocycles. The van der Waals surface area contributed by atoms with E-state index in [1.807, 2.05) is 11.0 Å². The van der Waals surface area contributed by atoms with Crippen LogP contribution < -0.4 is 20.7 Å². The molecule has 4 N–H and O–H groups in total. The number of carboxylic acids is 1. The normalized spacial score (nSPS) is 21.5. The Balaban J connectivity index is 1.29. The number of nitrogens with two attached hydrogens (primary N) is 1. The summed E-state index contributed by atoms with van der Waals surface area (Å²) in [6, 6.07) is 7.80. The van der Waals surface area contributed by atoms with E-state index in [0.717, 1.165) is 50.5 Å². The number of alkyl halides is 3. The molecule has 3 aromatic rings. The number of aromatic nitrogens is 4. The van der Waals surface area contributed by atoms with Gasteiger partial charge >= 0.3 is 12.1 Å². The molecule has 0 bridgehead atoms. The van der Waals surface area contributed by atoms with Crippen LogP contribution in [0.4, 0.5) is 24.9 Å². The predicted molar refractivity (Wildman–Crippen MR) is 158 cm³/mol. The number of nitrogens with zero attached hydrogens (tertiary/aromatic N) is 5. The average Bonchev–Trinajstić information content (AvgIpc) is 3.62. The first-order chi connectivity index (χ1) is 21.0. The van der Waals surface area contributed by atoms with E-state index in [9.17, 15) is 23.1 Å². The van der Waals surface area contributed by atoms with E-state index in [2.05, 4.69) is 20.4 Å².